The van der Waals surface area contributed by atoms with Gasteiger partial charge in [0.15, 0.2) is 0 Å². The molecule has 0 atom stereocenters. The third-order valence-electron chi connectivity index (χ3n) is 4.19. The van der Waals surface area contributed by atoms with E-state index < -0.39 is 5.41 Å². The molecule has 1 aromatic rings. The first-order valence-corrected chi connectivity index (χ1v) is 8.23. The normalized spacial score (nSPS) is 19.3. The first kappa shape index (κ1) is 16.5. The molecule has 0 N–H and O–H groups in total. The molecule has 1 aromatic carbocycles. The highest BCUT2D eigenvalue weighted by Crippen LogP contribution is 2.35. The molecule has 0 spiro atoms. The Bertz CT molecular complexity index is 497. The van der Waals surface area contributed by atoms with Crippen LogP contribution in [0.4, 0.5) is 0 Å². The van der Waals surface area contributed by atoms with Gasteiger partial charge in [-0.25, -0.2) is 4.79 Å². The van der Waals surface area contributed by atoms with Gasteiger partial charge in [-0.05, 0) is 56.7 Å². The van der Waals surface area contributed by atoms with E-state index in [0.717, 1.165) is 30.4 Å². The Morgan fingerprint density at radius 2 is 1.71 bits per heavy atom. The second-order valence-corrected chi connectivity index (χ2v) is 8.04. The van der Waals surface area contributed by atoms with E-state index in [1.807, 2.05) is 25.8 Å². The van der Waals surface area contributed by atoms with Crippen LogP contribution in [0.1, 0.15) is 46.1 Å². The molecular weight excluding hydrogens is 330 g/mol. The highest BCUT2D eigenvalue weighted by atomic mass is 79.9. The molecule has 2 rings (SSSR count). The lowest BCUT2D eigenvalue weighted by Gasteiger charge is -2.39. The minimum atomic E-state index is -0.452. The van der Waals surface area contributed by atoms with Gasteiger partial charge in [-0.2, -0.15) is 0 Å². The van der Waals surface area contributed by atoms with Gasteiger partial charge in [0.1, 0.15) is 0 Å². The number of hydrogen-bond acceptors (Lipinski definition) is 3. The molecule has 3 nitrogen and oxygen atoms in total. The molecule has 0 aliphatic carbocycles. The Labute approximate surface area is 135 Å². The molecule has 0 amide bonds. The molecule has 0 radical (unpaired) electrons. The average molecular weight is 354 g/mol. The Morgan fingerprint density at radius 1 is 1.19 bits per heavy atom. The number of halogens is 1. The van der Waals surface area contributed by atoms with Gasteiger partial charge < -0.3 is 4.84 Å². The maximum atomic E-state index is 11.9. The van der Waals surface area contributed by atoms with Gasteiger partial charge in [-0.1, -0.05) is 35.0 Å². The highest BCUT2D eigenvalue weighted by molar-refractivity contribution is 9.10. The molecular formula is C17H24BrNO2. The molecule has 0 saturated carbocycles. The summed E-state index contributed by atoms with van der Waals surface area (Å²) in [6.45, 7) is 9.50. The topological polar surface area (TPSA) is 29.5 Å². The van der Waals surface area contributed by atoms with Crippen molar-refractivity contribution in [2.75, 3.05) is 13.1 Å². The summed E-state index contributed by atoms with van der Waals surface area (Å²) >= 11 is 3.48. The monoisotopic (exact) mass is 353 g/mol. The van der Waals surface area contributed by atoms with Crippen molar-refractivity contribution in [1.82, 2.24) is 5.06 Å². The molecule has 1 saturated heterocycles. The van der Waals surface area contributed by atoms with Gasteiger partial charge in [0.05, 0.1) is 5.41 Å². The van der Waals surface area contributed by atoms with Gasteiger partial charge in [0.25, 0.3) is 0 Å². The van der Waals surface area contributed by atoms with Crippen LogP contribution in [-0.4, -0.2) is 24.1 Å². The van der Waals surface area contributed by atoms with Gasteiger partial charge >= 0.3 is 5.97 Å². The fourth-order valence-electron chi connectivity index (χ4n) is 2.47. The lowest BCUT2D eigenvalue weighted by atomic mass is 9.75. The van der Waals surface area contributed by atoms with Crippen LogP contribution in [0.5, 0.6) is 0 Å². The molecule has 21 heavy (non-hydrogen) atoms. The molecule has 0 aromatic heterocycles. The van der Waals surface area contributed by atoms with E-state index in [-0.39, 0.29) is 11.4 Å². The maximum Gasteiger partial charge on any atom is 0.330 e. The molecule has 1 aliphatic rings. The second-order valence-electron chi connectivity index (χ2n) is 7.13. The third kappa shape index (κ3) is 4.07. The van der Waals surface area contributed by atoms with Crippen molar-refractivity contribution < 1.29 is 9.63 Å². The van der Waals surface area contributed by atoms with Crippen molar-refractivity contribution >= 4 is 21.9 Å². The molecule has 0 bridgehead atoms. The lowest BCUT2D eigenvalue weighted by molar-refractivity contribution is -0.206. The summed E-state index contributed by atoms with van der Waals surface area (Å²) in [6.07, 6.45) is 1.98. The zero-order valence-electron chi connectivity index (χ0n) is 13.3. The molecule has 1 heterocycles. The maximum absolute atomic E-state index is 11.9. The second kappa shape index (κ2) is 6.09. The minimum Gasteiger partial charge on any atom is -0.367 e. The van der Waals surface area contributed by atoms with Gasteiger partial charge in [0, 0.05) is 17.6 Å². The van der Waals surface area contributed by atoms with Crippen molar-refractivity contribution in [2.45, 2.75) is 46.0 Å². The summed E-state index contributed by atoms with van der Waals surface area (Å²) < 4.78 is 1.10. The molecule has 116 valence electrons. The Morgan fingerprint density at radius 3 is 2.19 bits per heavy atom. The van der Waals surface area contributed by atoms with Crippen LogP contribution in [0.15, 0.2) is 28.7 Å². The lowest BCUT2D eigenvalue weighted by Crippen LogP contribution is -2.43. The standard InChI is InChI=1S/C17H24BrNO2/c1-16(2,3)15(20)21-19-11-9-17(4,10-12-19)13-5-7-14(18)8-6-13/h5-8H,9-12H2,1-4H3. The van der Waals surface area contributed by atoms with Gasteiger partial charge in [0.2, 0.25) is 0 Å². The number of carbonyl (C=O) groups is 1. The Hall–Kier alpha value is -0.870. The van der Waals surface area contributed by atoms with E-state index in [9.17, 15) is 4.79 Å². The number of rotatable bonds is 2. The van der Waals surface area contributed by atoms with Crippen molar-refractivity contribution in [3.63, 3.8) is 0 Å². The predicted molar refractivity (Wildman–Crippen MR) is 87.8 cm³/mol. The van der Waals surface area contributed by atoms with Crippen LogP contribution in [0, 0.1) is 5.41 Å². The molecule has 0 unspecified atom stereocenters. The number of carbonyl (C=O) groups excluding carboxylic acids is 1. The van der Waals surface area contributed by atoms with Crippen LogP contribution >= 0.6 is 15.9 Å². The fourth-order valence-corrected chi connectivity index (χ4v) is 2.73. The van der Waals surface area contributed by atoms with Crippen molar-refractivity contribution in [1.29, 1.82) is 0 Å². The summed E-state index contributed by atoms with van der Waals surface area (Å²) in [5.41, 5.74) is 1.06. The zero-order valence-corrected chi connectivity index (χ0v) is 14.9. The zero-order chi connectivity index (χ0) is 15.7. The van der Waals surface area contributed by atoms with E-state index in [2.05, 4.69) is 47.1 Å². The SMILES string of the molecule is CC(C)(C)C(=O)ON1CCC(C)(c2ccc(Br)cc2)CC1. The Kier molecular flexibility index (Phi) is 4.79. The number of benzene rings is 1. The Balaban J connectivity index is 1.96. The molecule has 4 heteroatoms. The van der Waals surface area contributed by atoms with Crippen molar-refractivity contribution in [2.24, 2.45) is 5.41 Å². The number of hydrogen-bond donors (Lipinski definition) is 0. The van der Waals surface area contributed by atoms with Crippen molar-refractivity contribution in [3.8, 4) is 0 Å². The summed E-state index contributed by atoms with van der Waals surface area (Å²) in [5, 5.41) is 1.81. The number of hydroxylamine groups is 2. The predicted octanol–water partition coefficient (Wildman–Crippen LogP) is 4.31. The summed E-state index contributed by atoms with van der Waals surface area (Å²) in [4.78, 5) is 17.4. The smallest absolute Gasteiger partial charge is 0.330 e. The van der Waals surface area contributed by atoms with Crippen LogP contribution in [0.3, 0.4) is 0 Å². The average Bonchev–Trinajstić information content (AvgIpc) is 2.41. The fraction of sp³-hybridized carbons (Fsp3) is 0.588. The minimum absolute atomic E-state index is 0.158. The number of piperidine rings is 1. The first-order valence-electron chi connectivity index (χ1n) is 7.44. The van der Waals surface area contributed by atoms with E-state index in [0.29, 0.717) is 0 Å². The van der Waals surface area contributed by atoms with E-state index >= 15 is 0 Å². The quantitative estimate of drug-likeness (QED) is 0.793. The van der Waals surface area contributed by atoms with Crippen LogP contribution < -0.4 is 0 Å². The van der Waals surface area contributed by atoms with Crippen molar-refractivity contribution in [3.05, 3.63) is 34.3 Å². The summed E-state index contributed by atoms with van der Waals surface area (Å²) in [6, 6.07) is 8.54. The molecule has 1 fully saturated rings. The van der Waals surface area contributed by atoms with E-state index in [4.69, 9.17) is 4.84 Å². The van der Waals surface area contributed by atoms with Crippen LogP contribution in [0.2, 0.25) is 0 Å². The van der Waals surface area contributed by atoms with Gasteiger partial charge in [-0.3, -0.25) is 0 Å². The van der Waals surface area contributed by atoms with Crippen LogP contribution in [-0.2, 0) is 15.0 Å². The highest BCUT2D eigenvalue weighted by Gasteiger charge is 2.34. The summed E-state index contributed by atoms with van der Waals surface area (Å²) in [7, 11) is 0. The largest absolute Gasteiger partial charge is 0.367 e. The molecule has 1 aliphatic heterocycles. The van der Waals surface area contributed by atoms with Crippen LogP contribution in [0.25, 0.3) is 0 Å². The van der Waals surface area contributed by atoms with Gasteiger partial charge in [-0.15, -0.1) is 5.06 Å². The summed E-state index contributed by atoms with van der Waals surface area (Å²) in [5.74, 6) is -0.158. The number of nitrogens with zero attached hydrogens (tertiary/aromatic N) is 1. The van der Waals surface area contributed by atoms with E-state index in [1.54, 1.807) is 0 Å². The van der Waals surface area contributed by atoms with E-state index in [1.165, 1.54) is 5.56 Å². The third-order valence-corrected chi connectivity index (χ3v) is 4.72. The first-order chi connectivity index (χ1) is 9.71.